The Morgan fingerprint density at radius 2 is 1.03 bits per heavy atom. The highest BCUT2D eigenvalue weighted by Gasteiger charge is 2.18. The molecule has 34 heavy (non-hydrogen) atoms. The van der Waals surface area contributed by atoms with E-state index in [0.29, 0.717) is 29.9 Å². The summed E-state index contributed by atoms with van der Waals surface area (Å²) in [5.41, 5.74) is 5.68. The van der Waals surface area contributed by atoms with E-state index in [9.17, 15) is 14.4 Å². The minimum atomic E-state index is -0.444. The Hall–Kier alpha value is -2.63. The summed E-state index contributed by atoms with van der Waals surface area (Å²) in [5, 5.41) is 0. The summed E-state index contributed by atoms with van der Waals surface area (Å²) >= 11 is 0. The lowest BCUT2D eigenvalue weighted by molar-refractivity contribution is -0.114. The van der Waals surface area contributed by atoms with Gasteiger partial charge in [-0.15, -0.1) is 0 Å². The molecule has 1 aromatic carbocycles. The summed E-state index contributed by atoms with van der Waals surface area (Å²) in [6.07, 6.45) is 13.6. The van der Waals surface area contributed by atoms with Crippen molar-refractivity contribution in [1.29, 1.82) is 0 Å². The molecule has 6 heteroatoms. The van der Waals surface area contributed by atoms with Gasteiger partial charge >= 0.3 is 11.9 Å². The van der Waals surface area contributed by atoms with Crippen molar-refractivity contribution in [2.24, 2.45) is 5.73 Å². The van der Waals surface area contributed by atoms with E-state index in [1.807, 2.05) is 0 Å². The number of ether oxygens (including phenoxy) is 2. The minimum absolute atomic E-state index is 0.293. The third-order valence-electron chi connectivity index (χ3n) is 5.25. The fraction of sp³-hybridized carbons (Fsp3) is 0.607. The van der Waals surface area contributed by atoms with Crippen LogP contribution in [0.2, 0.25) is 0 Å². The second kappa shape index (κ2) is 20.9. The van der Waals surface area contributed by atoms with Crippen molar-refractivity contribution in [2.75, 3.05) is 13.2 Å². The van der Waals surface area contributed by atoms with E-state index in [0.717, 1.165) is 25.7 Å². The van der Waals surface area contributed by atoms with Gasteiger partial charge in [0.25, 0.3) is 0 Å². The van der Waals surface area contributed by atoms with Crippen LogP contribution in [0.4, 0.5) is 0 Å². The number of nitrogens with two attached hydrogens (primary N) is 1. The summed E-state index contributed by atoms with van der Waals surface area (Å²) < 4.78 is 10.7. The van der Waals surface area contributed by atoms with Gasteiger partial charge in [0.15, 0.2) is 0 Å². The van der Waals surface area contributed by atoms with Crippen LogP contribution in [0.15, 0.2) is 36.4 Å². The molecule has 6 nitrogen and oxygen atoms in total. The van der Waals surface area contributed by atoms with Gasteiger partial charge in [-0.05, 0) is 31.9 Å². The molecule has 0 spiro atoms. The Labute approximate surface area is 206 Å². The van der Waals surface area contributed by atoms with Crippen LogP contribution in [-0.2, 0) is 14.3 Å². The molecule has 2 N–H and O–H groups in total. The zero-order valence-electron chi connectivity index (χ0n) is 21.5. The highest BCUT2D eigenvalue weighted by atomic mass is 16.5. The third-order valence-corrected chi connectivity index (χ3v) is 5.25. The molecule has 0 saturated heterocycles. The monoisotopic (exact) mass is 475 g/mol. The molecule has 0 heterocycles. The van der Waals surface area contributed by atoms with E-state index in [2.05, 4.69) is 20.4 Å². The molecule has 1 rings (SSSR count). The van der Waals surface area contributed by atoms with Gasteiger partial charge in [-0.1, -0.05) is 96.8 Å². The van der Waals surface area contributed by atoms with Gasteiger partial charge in [0, 0.05) is 5.57 Å². The molecule has 0 unspecified atom stereocenters. The lowest BCUT2D eigenvalue weighted by atomic mass is 10.1. The van der Waals surface area contributed by atoms with Crippen LogP contribution in [0.5, 0.6) is 0 Å². The SMILES string of the molecule is C=C(C)C(N)=O.CCCCCCCCOC(=O)c1ccccc1C(=O)OCCCCCCCC. The van der Waals surface area contributed by atoms with Gasteiger partial charge < -0.3 is 15.2 Å². The standard InChI is InChI=1S/C24H38O4.C4H7NO/c1-3-5-7-9-11-15-19-27-23(25)21-17-13-14-18-22(21)24(26)28-20-16-12-10-8-6-4-2;1-3(2)4(5)6/h13-14,17-18H,3-12,15-16,19-20H2,1-2H3;1H2,2H3,(H2,5,6). The normalized spacial score (nSPS) is 10.1. The molecule has 0 aliphatic rings. The molecule has 192 valence electrons. The van der Waals surface area contributed by atoms with Gasteiger partial charge in [-0.3, -0.25) is 4.79 Å². The first kappa shape index (κ1) is 31.4. The second-order valence-electron chi connectivity index (χ2n) is 8.50. The lowest BCUT2D eigenvalue weighted by Gasteiger charge is -2.10. The number of hydrogen-bond acceptors (Lipinski definition) is 5. The maximum atomic E-state index is 12.4. The summed E-state index contributed by atoms with van der Waals surface area (Å²) in [6, 6.07) is 6.74. The lowest BCUT2D eigenvalue weighted by Crippen LogP contribution is -2.15. The fourth-order valence-corrected chi connectivity index (χ4v) is 3.09. The maximum Gasteiger partial charge on any atom is 0.339 e. The van der Waals surface area contributed by atoms with Crippen LogP contribution < -0.4 is 5.73 Å². The molecule has 1 amide bonds. The van der Waals surface area contributed by atoms with E-state index in [1.165, 1.54) is 51.4 Å². The quantitative estimate of drug-likeness (QED) is 0.152. The van der Waals surface area contributed by atoms with E-state index < -0.39 is 17.8 Å². The van der Waals surface area contributed by atoms with Crippen LogP contribution in [0, 0.1) is 0 Å². The molecule has 0 atom stereocenters. The summed E-state index contributed by atoms with van der Waals surface area (Å²) in [4.78, 5) is 34.5. The largest absolute Gasteiger partial charge is 0.462 e. The smallest absolute Gasteiger partial charge is 0.339 e. The highest BCUT2D eigenvalue weighted by Crippen LogP contribution is 2.14. The molecular formula is C28H45NO5. The number of unbranched alkanes of at least 4 members (excludes halogenated alkanes) is 10. The van der Waals surface area contributed by atoms with E-state index >= 15 is 0 Å². The van der Waals surface area contributed by atoms with Gasteiger partial charge in [0.1, 0.15) is 0 Å². The van der Waals surface area contributed by atoms with Gasteiger partial charge in [-0.2, -0.15) is 0 Å². The van der Waals surface area contributed by atoms with Crippen LogP contribution in [0.1, 0.15) is 119 Å². The van der Waals surface area contributed by atoms with Gasteiger partial charge in [-0.25, -0.2) is 9.59 Å². The topological polar surface area (TPSA) is 95.7 Å². The number of hydrogen-bond donors (Lipinski definition) is 1. The minimum Gasteiger partial charge on any atom is -0.462 e. The Morgan fingerprint density at radius 1 is 0.706 bits per heavy atom. The molecular weight excluding hydrogens is 430 g/mol. The highest BCUT2D eigenvalue weighted by molar-refractivity contribution is 6.03. The van der Waals surface area contributed by atoms with Crippen LogP contribution in [0.3, 0.4) is 0 Å². The summed E-state index contributed by atoms with van der Waals surface area (Å²) in [5.74, 6) is -1.32. The molecule has 0 aromatic heterocycles. The number of benzene rings is 1. The second-order valence-corrected chi connectivity index (χ2v) is 8.50. The number of carbonyl (C=O) groups is 3. The van der Waals surface area contributed by atoms with Crippen molar-refractivity contribution in [3.63, 3.8) is 0 Å². The summed E-state index contributed by atoms with van der Waals surface area (Å²) in [6.45, 7) is 10.0. The Balaban J connectivity index is 0.00000160. The number of esters is 2. The van der Waals surface area contributed by atoms with Crippen molar-refractivity contribution >= 4 is 17.8 Å². The van der Waals surface area contributed by atoms with E-state index in [1.54, 1.807) is 31.2 Å². The molecule has 0 aliphatic heterocycles. The maximum absolute atomic E-state index is 12.4. The Kier molecular flexibility index (Phi) is 19.3. The Morgan fingerprint density at radius 3 is 1.35 bits per heavy atom. The molecule has 0 aliphatic carbocycles. The van der Waals surface area contributed by atoms with Crippen molar-refractivity contribution in [3.8, 4) is 0 Å². The first-order chi connectivity index (χ1) is 16.3. The van der Waals surface area contributed by atoms with Crippen molar-refractivity contribution in [1.82, 2.24) is 0 Å². The zero-order valence-corrected chi connectivity index (χ0v) is 21.5. The number of carbonyl (C=O) groups excluding carboxylic acids is 3. The van der Waals surface area contributed by atoms with Crippen LogP contribution in [-0.4, -0.2) is 31.1 Å². The molecule has 0 radical (unpaired) electrons. The van der Waals surface area contributed by atoms with Crippen molar-refractivity contribution < 1.29 is 23.9 Å². The van der Waals surface area contributed by atoms with E-state index in [4.69, 9.17) is 15.2 Å². The zero-order chi connectivity index (χ0) is 25.6. The number of amides is 1. The van der Waals surface area contributed by atoms with Crippen molar-refractivity contribution in [3.05, 3.63) is 47.5 Å². The Bertz CT molecular complexity index is 668. The van der Waals surface area contributed by atoms with E-state index in [-0.39, 0.29) is 0 Å². The average molecular weight is 476 g/mol. The molecule has 0 fully saturated rings. The van der Waals surface area contributed by atoms with Crippen LogP contribution in [0.25, 0.3) is 0 Å². The predicted octanol–water partition coefficient (Wildman–Crippen LogP) is 6.77. The fourth-order valence-electron chi connectivity index (χ4n) is 3.09. The number of rotatable bonds is 17. The molecule has 0 saturated carbocycles. The van der Waals surface area contributed by atoms with Gasteiger partial charge in [0.05, 0.1) is 24.3 Å². The predicted molar refractivity (Wildman–Crippen MR) is 138 cm³/mol. The summed E-state index contributed by atoms with van der Waals surface area (Å²) in [7, 11) is 0. The third kappa shape index (κ3) is 16.1. The first-order valence-electron chi connectivity index (χ1n) is 12.7. The van der Waals surface area contributed by atoms with Crippen molar-refractivity contribution in [2.45, 2.75) is 97.8 Å². The molecule has 1 aromatic rings. The molecule has 0 bridgehead atoms. The first-order valence-corrected chi connectivity index (χ1v) is 12.7. The van der Waals surface area contributed by atoms with Gasteiger partial charge in [0.2, 0.25) is 5.91 Å². The number of primary amides is 1. The average Bonchev–Trinajstić information content (AvgIpc) is 2.83. The van der Waals surface area contributed by atoms with Crippen LogP contribution >= 0.6 is 0 Å².